The van der Waals surface area contributed by atoms with E-state index >= 15 is 0 Å². The topological polar surface area (TPSA) is 413 Å². The lowest BCUT2D eigenvalue weighted by molar-refractivity contribution is -0.00346. The summed E-state index contributed by atoms with van der Waals surface area (Å²) in [6.45, 7) is 4.89. The lowest BCUT2D eigenvalue weighted by Gasteiger charge is -2.26. The van der Waals surface area contributed by atoms with Gasteiger partial charge in [-0.1, -0.05) is 24.3 Å². The monoisotopic (exact) mass is 1740 g/mol. The molecule has 6 aromatic carbocycles. The predicted octanol–water partition coefficient (Wildman–Crippen LogP) is 15.3. The van der Waals surface area contributed by atoms with Crippen LogP contribution in [0, 0.1) is 19.7 Å². The second-order valence-electron chi connectivity index (χ2n) is 29.7. The Morgan fingerprint density at radius 1 is 0.380 bits per heavy atom. The highest BCUT2D eigenvalue weighted by molar-refractivity contribution is 6.03. The number of ether oxygens (including phenoxy) is 9. The Morgan fingerprint density at radius 3 is 1.09 bits per heavy atom. The number of H-pyrrole nitrogens is 4. The van der Waals surface area contributed by atoms with Crippen LogP contribution in [0.3, 0.4) is 0 Å². The summed E-state index contributed by atoms with van der Waals surface area (Å²) in [6, 6.07) is 42.7. The van der Waals surface area contributed by atoms with Crippen molar-refractivity contribution in [3.63, 3.8) is 0 Å². The van der Waals surface area contributed by atoms with E-state index in [9.17, 15) is 23.6 Å². The average Bonchev–Trinajstić information content (AvgIpc) is 1.66. The highest BCUT2D eigenvalue weighted by Gasteiger charge is 2.26. The first kappa shape index (κ1) is 88.8. The molecule has 9 N–H and O–H groups in total. The molecule has 0 saturated carbocycles. The Labute approximate surface area is 739 Å². The number of amides is 4. The number of halogens is 1. The molecule has 36 heteroatoms. The first-order valence-corrected chi connectivity index (χ1v) is 40.1. The minimum absolute atomic E-state index is 0.0396. The zero-order valence-electron chi connectivity index (χ0n) is 73.4. The van der Waals surface area contributed by atoms with Crippen LogP contribution in [0.1, 0.15) is 52.6 Å². The molecule has 35 nitrogen and oxygen atoms in total. The second-order valence-corrected chi connectivity index (χ2v) is 29.7. The molecule has 0 spiro atoms. The summed E-state index contributed by atoms with van der Waals surface area (Å²) < 4.78 is 62.1. The molecule has 0 unspecified atom stereocenters. The molecular formula is C93H93FN22O13. The lowest BCUT2D eigenvalue weighted by Crippen LogP contribution is -2.48. The number of aromatic amines is 4. The van der Waals surface area contributed by atoms with Gasteiger partial charge in [-0.2, -0.15) is 39.9 Å². The quantitative estimate of drug-likeness (QED) is 0.0257. The molecule has 0 aliphatic carbocycles. The van der Waals surface area contributed by atoms with Crippen LogP contribution in [-0.4, -0.2) is 227 Å². The number of carbonyl (C=O) groups is 4. The van der Waals surface area contributed by atoms with Crippen molar-refractivity contribution in [2.24, 2.45) is 0 Å². The summed E-state index contributed by atoms with van der Waals surface area (Å²) in [4.78, 5) is 111. The minimum Gasteiger partial charge on any atom is -0.497 e. The van der Waals surface area contributed by atoms with Gasteiger partial charge in [-0.15, -0.1) is 0 Å². The molecule has 0 radical (unpaired) electrons. The number of anilines is 8. The Kier molecular flexibility index (Phi) is 27.2. The molecule has 17 rings (SSSR count). The van der Waals surface area contributed by atoms with Crippen LogP contribution in [0.2, 0.25) is 0 Å². The average molecular weight is 1750 g/mol. The van der Waals surface area contributed by atoms with Gasteiger partial charge in [0.05, 0.1) is 109 Å². The molecule has 1 aliphatic heterocycles. The van der Waals surface area contributed by atoms with Crippen LogP contribution in [0.25, 0.3) is 88.6 Å². The maximum atomic E-state index is 13.3. The molecule has 10 aromatic heterocycles. The van der Waals surface area contributed by atoms with Gasteiger partial charge in [0.25, 0.3) is 23.6 Å². The second kappa shape index (κ2) is 39.5. The number of methoxy groups -OCH3 is 8. The van der Waals surface area contributed by atoms with Crippen molar-refractivity contribution in [1.82, 2.24) is 89.8 Å². The molecule has 1 fully saturated rings. The van der Waals surface area contributed by atoms with Crippen molar-refractivity contribution in [2.75, 3.05) is 134 Å². The standard InChI is InChI=1S/C24H24N6O5.C24H25N5O3.C23H22FN5O2.C22H22N6O3/c1-32-18-8-14(22(31)27-15-11-35-12-15)4-5-17(18)28-24-29-21-20(23(30-24)34-3)16(10-26-21)13-6-7-25-19(9-13)33-2;1-14-12-16(23(30)29(2)3)8-11-19(14)26-24-27-21-20(22(28-24)32-5)18(13-25-21)15-6-9-17(31-4)10-7-15;1-13-11-15(22(30)29(2)3)7-10-18(13)26-23-27-20-19(21(28-23)31-4)17(12-25-20)14-5-8-16(24)9-6-14;1-28(2)21(29)14-5-6-16(17(11-14)30-3)25-22-26-19-18(20(27-22)31-4)15(12-24-19)13-7-9-23-10-8-13/h4-10,15H,11-12H2,1-3H3,(H,27,31)(H2,26,28,29,30);6-13H,1-5H3,(H2,25,26,27,28);5-12H,1-4H3,(H2,25,26,27,28);5-12H,1-4H3,(H2,24,25,26,27). The molecule has 0 bridgehead atoms. The molecule has 129 heavy (non-hydrogen) atoms. The molecule has 11 heterocycles. The highest BCUT2D eigenvalue weighted by Crippen LogP contribution is 2.42. The normalized spacial score (nSPS) is 11.4. The summed E-state index contributed by atoms with van der Waals surface area (Å²) in [5, 5.41) is 18.7. The van der Waals surface area contributed by atoms with E-state index < -0.39 is 0 Å². The molecule has 660 valence electrons. The SMILES string of the molecule is COc1cc(-c2c[nH]c3nc(Nc4ccc(C(=O)NC5COC5)cc4OC)nc(OC)c23)ccn1.COc1cc(C(=O)N(C)C)ccc1Nc1nc(OC)c2c(-c3ccncc3)c[nH]c2n1.COc1ccc(-c2c[nH]c3nc(Nc4ccc(C(=O)N(C)C)cc4C)nc(OC)c23)cc1.COc1nc(Nc2ccc(C(=O)N(C)C)cc2C)nc2[nH]cc(-c3ccc(F)cc3)c12. The van der Waals surface area contributed by atoms with Gasteiger partial charge in [-0.05, 0) is 162 Å². The summed E-state index contributed by atoms with van der Waals surface area (Å²) >= 11 is 0. The maximum Gasteiger partial charge on any atom is 0.253 e. The van der Waals surface area contributed by atoms with Gasteiger partial charge in [0.15, 0.2) is 0 Å². The van der Waals surface area contributed by atoms with Crippen molar-refractivity contribution in [3.8, 4) is 91.2 Å². The Hall–Kier alpha value is -16.5. The highest BCUT2D eigenvalue weighted by atomic mass is 19.1. The van der Waals surface area contributed by atoms with E-state index in [-0.39, 0.29) is 35.5 Å². The number of nitrogens with zero attached hydrogens (tertiary/aromatic N) is 13. The number of pyridine rings is 2. The van der Waals surface area contributed by atoms with Crippen molar-refractivity contribution >= 4 is 114 Å². The maximum absolute atomic E-state index is 13.3. The Bertz CT molecular complexity index is 6780. The molecule has 1 saturated heterocycles. The van der Waals surface area contributed by atoms with Gasteiger partial charge >= 0.3 is 0 Å². The van der Waals surface area contributed by atoms with Gasteiger partial charge in [0.1, 0.15) is 45.7 Å². The lowest BCUT2D eigenvalue weighted by atomic mass is 10.1. The van der Waals surface area contributed by atoms with Gasteiger partial charge in [-0.3, -0.25) is 24.2 Å². The third-order valence-corrected chi connectivity index (χ3v) is 20.6. The summed E-state index contributed by atoms with van der Waals surface area (Å²) in [7, 11) is 22.8. The molecular weight excluding hydrogens is 1650 g/mol. The number of aryl methyl sites for hydroxylation is 2. The van der Waals surface area contributed by atoms with Crippen LogP contribution in [0.4, 0.5) is 50.9 Å². The van der Waals surface area contributed by atoms with Crippen LogP contribution in [0.5, 0.6) is 46.6 Å². The summed E-state index contributed by atoms with van der Waals surface area (Å²) in [5.74, 6) is 4.62. The van der Waals surface area contributed by atoms with Crippen molar-refractivity contribution in [2.45, 2.75) is 19.9 Å². The van der Waals surface area contributed by atoms with E-state index in [1.807, 2.05) is 105 Å². The van der Waals surface area contributed by atoms with E-state index in [0.717, 1.165) is 88.9 Å². The number of rotatable bonds is 25. The molecule has 1 aliphatic rings. The first-order valence-electron chi connectivity index (χ1n) is 40.1. The fraction of sp³-hybridized carbons (Fsp3) is 0.204. The van der Waals surface area contributed by atoms with Crippen LogP contribution in [0.15, 0.2) is 189 Å². The van der Waals surface area contributed by atoms with Crippen molar-refractivity contribution < 1.29 is 66.2 Å². The van der Waals surface area contributed by atoms with Crippen LogP contribution >= 0.6 is 0 Å². The van der Waals surface area contributed by atoms with Gasteiger partial charge in [-0.25, -0.2) is 9.37 Å². The third kappa shape index (κ3) is 19.8. The fourth-order valence-electron chi connectivity index (χ4n) is 13.9. The predicted molar refractivity (Wildman–Crippen MR) is 490 cm³/mol. The van der Waals surface area contributed by atoms with Crippen molar-refractivity contribution in [3.05, 3.63) is 228 Å². The zero-order chi connectivity index (χ0) is 91.3. The number of benzene rings is 6. The van der Waals surface area contributed by atoms with Gasteiger partial charge in [0.2, 0.25) is 53.2 Å². The molecule has 0 atom stereocenters. The van der Waals surface area contributed by atoms with E-state index in [2.05, 4.69) is 96.4 Å². The fourth-order valence-corrected chi connectivity index (χ4v) is 13.9. The van der Waals surface area contributed by atoms with Gasteiger partial charge < -0.3 is 104 Å². The number of carbonyl (C=O) groups excluding carboxylic acids is 4. The Balaban J connectivity index is 0.000000139. The summed E-state index contributed by atoms with van der Waals surface area (Å²) in [6.07, 6.45) is 12.5. The van der Waals surface area contributed by atoms with Gasteiger partial charge in [0, 0.05) is 148 Å². The van der Waals surface area contributed by atoms with Crippen LogP contribution in [-0.2, 0) is 4.74 Å². The van der Waals surface area contributed by atoms with E-state index in [1.165, 1.54) is 29.0 Å². The van der Waals surface area contributed by atoms with Crippen LogP contribution < -0.4 is 64.5 Å². The minimum atomic E-state index is -0.299. The largest absolute Gasteiger partial charge is 0.497 e. The van der Waals surface area contributed by atoms with E-state index in [1.54, 1.807) is 182 Å². The Morgan fingerprint density at radius 2 is 0.729 bits per heavy atom. The first-order chi connectivity index (χ1) is 62.4. The molecule has 16 aromatic rings. The third-order valence-electron chi connectivity index (χ3n) is 20.6. The van der Waals surface area contributed by atoms with E-state index in [4.69, 9.17) is 42.6 Å². The number of fused-ring (bicyclic) bond motifs is 4. The number of aromatic nitrogens is 14. The number of hydrogen-bond acceptors (Lipinski definition) is 27. The summed E-state index contributed by atoms with van der Waals surface area (Å²) in [5.41, 5.74) is 16.5. The molecule has 4 amide bonds. The van der Waals surface area contributed by atoms with E-state index in [0.29, 0.717) is 140 Å². The number of nitrogens with one attached hydrogen (secondary N) is 9. The smallest absolute Gasteiger partial charge is 0.253 e. The number of hydrogen-bond donors (Lipinski definition) is 9. The van der Waals surface area contributed by atoms with Crippen molar-refractivity contribution in [1.29, 1.82) is 0 Å². The zero-order valence-corrected chi connectivity index (χ0v) is 73.4.